The number of aliphatic hydroxyl groups is 1. The van der Waals surface area contributed by atoms with Gasteiger partial charge in [0.25, 0.3) is 5.91 Å². The van der Waals surface area contributed by atoms with Gasteiger partial charge in [-0.3, -0.25) is 4.79 Å². The molecule has 0 aliphatic rings. The van der Waals surface area contributed by atoms with E-state index in [0.29, 0.717) is 11.5 Å². The highest BCUT2D eigenvalue weighted by molar-refractivity contribution is 7.13. The Balaban J connectivity index is 1.62. The van der Waals surface area contributed by atoms with E-state index in [1.165, 1.54) is 29.5 Å². The van der Waals surface area contributed by atoms with Crippen molar-refractivity contribution < 1.29 is 18.7 Å². The molecule has 6 heteroatoms. The van der Waals surface area contributed by atoms with Gasteiger partial charge in [-0.05, 0) is 35.7 Å². The molecule has 3 rings (SSSR count). The number of nitrogens with one attached hydrogen (secondary N) is 1. The van der Waals surface area contributed by atoms with Crippen molar-refractivity contribution >= 4 is 17.2 Å². The lowest BCUT2D eigenvalue weighted by molar-refractivity contribution is 0.0898. The summed E-state index contributed by atoms with van der Waals surface area (Å²) in [5.41, 5.74) is -0.0570. The summed E-state index contributed by atoms with van der Waals surface area (Å²) in [5.74, 6) is -0.165. The molecule has 2 heterocycles. The summed E-state index contributed by atoms with van der Waals surface area (Å²) in [6, 6.07) is 12.9. The van der Waals surface area contributed by atoms with Gasteiger partial charge in [-0.25, -0.2) is 4.39 Å². The van der Waals surface area contributed by atoms with Crippen molar-refractivity contribution in [1.82, 2.24) is 5.32 Å². The van der Waals surface area contributed by atoms with Crippen LogP contribution in [0.15, 0.2) is 58.3 Å². The molecule has 0 aliphatic heterocycles. The second-order valence-corrected chi connectivity index (χ2v) is 5.83. The van der Waals surface area contributed by atoms with Gasteiger partial charge in [-0.2, -0.15) is 0 Å². The molecule has 0 aliphatic carbocycles. The van der Waals surface area contributed by atoms with Gasteiger partial charge in [0.2, 0.25) is 0 Å². The first-order valence-electron chi connectivity index (χ1n) is 6.99. The van der Waals surface area contributed by atoms with Crippen LogP contribution >= 0.6 is 11.3 Å². The Labute approximate surface area is 136 Å². The van der Waals surface area contributed by atoms with E-state index in [9.17, 15) is 14.3 Å². The number of benzene rings is 1. The number of amides is 1. The highest BCUT2D eigenvalue weighted by Gasteiger charge is 2.16. The summed E-state index contributed by atoms with van der Waals surface area (Å²) in [6.45, 7) is -0.0649. The Morgan fingerprint density at radius 1 is 1.22 bits per heavy atom. The molecule has 1 unspecified atom stereocenters. The molecule has 2 N–H and O–H groups in total. The highest BCUT2D eigenvalue weighted by atomic mass is 32.1. The molecule has 0 saturated heterocycles. The molecule has 1 aromatic carbocycles. The maximum Gasteiger partial charge on any atom is 0.254 e. The van der Waals surface area contributed by atoms with Crippen molar-refractivity contribution in [2.75, 3.05) is 6.54 Å². The van der Waals surface area contributed by atoms with E-state index in [4.69, 9.17) is 4.42 Å². The summed E-state index contributed by atoms with van der Waals surface area (Å²) in [7, 11) is 0. The van der Waals surface area contributed by atoms with Crippen LogP contribution < -0.4 is 5.32 Å². The zero-order valence-corrected chi connectivity index (χ0v) is 12.8. The third kappa shape index (κ3) is 3.49. The number of halogens is 1. The Hall–Kier alpha value is -2.44. The fraction of sp³-hybridized carbons (Fsp3) is 0.118. The van der Waals surface area contributed by atoms with Gasteiger partial charge < -0.3 is 14.8 Å². The van der Waals surface area contributed by atoms with E-state index in [1.54, 1.807) is 18.2 Å². The quantitative estimate of drug-likeness (QED) is 0.751. The van der Waals surface area contributed by atoms with Crippen LogP contribution in [0.1, 0.15) is 22.2 Å². The van der Waals surface area contributed by atoms with Gasteiger partial charge in [0.15, 0.2) is 0 Å². The molecule has 0 spiro atoms. The van der Waals surface area contributed by atoms with Gasteiger partial charge in [-0.15, -0.1) is 11.3 Å². The van der Waals surface area contributed by atoms with Gasteiger partial charge in [0.05, 0.1) is 17.0 Å². The average molecular weight is 331 g/mol. The molecule has 1 amide bonds. The minimum atomic E-state index is -1.00. The molecule has 0 radical (unpaired) electrons. The van der Waals surface area contributed by atoms with Crippen LogP contribution in [0, 0.1) is 5.82 Å². The van der Waals surface area contributed by atoms with E-state index in [-0.39, 0.29) is 12.1 Å². The van der Waals surface area contributed by atoms with Crippen molar-refractivity contribution in [2.45, 2.75) is 6.10 Å². The maximum atomic E-state index is 13.5. The predicted octanol–water partition coefficient (Wildman–Crippen LogP) is 3.61. The fourth-order valence-corrected chi connectivity index (χ4v) is 2.80. The van der Waals surface area contributed by atoms with Crippen LogP contribution in [0.3, 0.4) is 0 Å². The Morgan fingerprint density at radius 2 is 2.04 bits per heavy atom. The van der Waals surface area contributed by atoms with Crippen molar-refractivity contribution in [3.63, 3.8) is 0 Å². The highest BCUT2D eigenvalue weighted by Crippen LogP contribution is 2.28. The minimum absolute atomic E-state index is 0.0570. The molecule has 1 atom stereocenters. The number of furan rings is 1. The lowest BCUT2D eigenvalue weighted by atomic mass is 10.2. The summed E-state index contributed by atoms with van der Waals surface area (Å²) in [6.07, 6.45) is -1.00. The summed E-state index contributed by atoms with van der Waals surface area (Å²) in [4.78, 5) is 12.9. The lowest BCUT2D eigenvalue weighted by Crippen LogP contribution is -2.28. The van der Waals surface area contributed by atoms with Crippen molar-refractivity contribution in [3.8, 4) is 10.6 Å². The third-order valence-corrected chi connectivity index (χ3v) is 4.18. The van der Waals surface area contributed by atoms with E-state index in [0.717, 1.165) is 4.88 Å². The predicted molar refractivity (Wildman–Crippen MR) is 85.7 cm³/mol. The Kier molecular flexibility index (Phi) is 4.55. The lowest BCUT2D eigenvalue weighted by Gasteiger charge is -2.10. The Bertz CT molecular complexity index is 798. The number of rotatable bonds is 5. The smallest absolute Gasteiger partial charge is 0.254 e. The van der Waals surface area contributed by atoms with E-state index < -0.39 is 17.8 Å². The van der Waals surface area contributed by atoms with Crippen molar-refractivity contribution in [1.29, 1.82) is 0 Å². The van der Waals surface area contributed by atoms with E-state index in [1.807, 2.05) is 17.5 Å². The number of thiophene rings is 1. The normalized spacial score (nSPS) is 12.1. The van der Waals surface area contributed by atoms with Crippen LogP contribution in [-0.4, -0.2) is 17.6 Å². The number of carbonyl (C=O) groups is 1. The Morgan fingerprint density at radius 3 is 2.78 bits per heavy atom. The van der Waals surface area contributed by atoms with Gasteiger partial charge >= 0.3 is 0 Å². The molecule has 4 nitrogen and oxygen atoms in total. The van der Waals surface area contributed by atoms with Crippen LogP contribution in [0.4, 0.5) is 4.39 Å². The molecule has 0 fully saturated rings. The SMILES string of the molecule is O=C(NCC(O)c1ccc(-c2cccs2)o1)c1ccccc1F. The molecule has 118 valence electrons. The number of carbonyl (C=O) groups excluding carboxylic acids is 1. The van der Waals surface area contributed by atoms with Crippen molar-refractivity contribution in [2.24, 2.45) is 0 Å². The van der Waals surface area contributed by atoms with Crippen LogP contribution in [0.25, 0.3) is 10.6 Å². The molecule has 0 saturated carbocycles. The molecule has 3 aromatic rings. The molecular weight excluding hydrogens is 317 g/mol. The summed E-state index contributed by atoms with van der Waals surface area (Å²) >= 11 is 1.53. The maximum absolute atomic E-state index is 13.5. The number of hydrogen-bond donors (Lipinski definition) is 2. The third-order valence-electron chi connectivity index (χ3n) is 3.29. The zero-order chi connectivity index (χ0) is 16.2. The molecule has 23 heavy (non-hydrogen) atoms. The first-order valence-corrected chi connectivity index (χ1v) is 7.87. The number of aliphatic hydroxyl groups excluding tert-OH is 1. The second-order valence-electron chi connectivity index (χ2n) is 4.88. The molecule has 2 aromatic heterocycles. The minimum Gasteiger partial charge on any atom is -0.457 e. The first-order chi connectivity index (χ1) is 11.1. The second kappa shape index (κ2) is 6.76. The zero-order valence-electron chi connectivity index (χ0n) is 12.0. The van der Waals surface area contributed by atoms with E-state index in [2.05, 4.69) is 5.32 Å². The fourth-order valence-electron chi connectivity index (χ4n) is 2.11. The first kappa shape index (κ1) is 15.5. The van der Waals surface area contributed by atoms with Crippen molar-refractivity contribution in [3.05, 3.63) is 71.1 Å². The van der Waals surface area contributed by atoms with Crippen LogP contribution in [-0.2, 0) is 0 Å². The standard InChI is InChI=1S/C17H14FNO3S/c18-12-5-2-1-4-11(12)17(21)19-10-13(20)14-7-8-15(22-14)16-6-3-9-23-16/h1-9,13,20H,10H2,(H,19,21). The van der Waals surface area contributed by atoms with Gasteiger partial charge in [-0.1, -0.05) is 18.2 Å². The van der Waals surface area contributed by atoms with E-state index >= 15 is 0 Å². The van der Waals surface area contributed by atoms with Crippen LogP contribution in [0.5, 0.6) is 0 Å². The van der Waals surface area contributed by atoms with Crippen LogP contribution in [0.2, 0.25) is 0 Å². The van der Waals surface area contributed by atoms with Gasteiger partial charge in [0.1, 0.15) is 23.4 Å². The van der Waals surface area contributed by atoms with Gasteiger partial charge in [0, 0.05) is 0 Å². The summed E-state index contributed by atoms with van der Waals surface area (Å²) < 4.78 is 19.1. The monoisotopic (exact) mass is 331 g/mol. The average Bonchev–Trinajstić information content (AvgIpc) is 3.23. The topological polar surface area (TPSA) is 62.5 Å². The summed E-state index contributed by atoms with van der Waals surface area (Å²) in [5, 5.41) is 14.5. The molecular formula is C17H14FNO3S. The largest absolute Gasteiger partial charge is 0.457 e. The number of hydrogen-bond acceptors (Lipinski definition) is 4. The molecule has 0 bridgehead atoms.